The molecule has 1 aliphatic rings. The summed E-state index contributed by atoms with van der Waals surface area (Å²) in [5, 5.41) is 12.2. The molecule has 0 aromatic heterocycles. The van der Waals surface area contributed by atoms with Crippen LogP contribution < -0.4 is 5.32 Å². The van der Waals surface area contributed by atoms with E-state index < -0.39 is 5.92 Å². The topological polar surface area (TPSA) is 52.9 Å². The van der Waals surface area contributed by atoms with Gasteiger partial charge in [-0.15, -0.1) is 0 Å². The molecule has 1 amide bonds. The van der Waals surface area contributed by atoms with Crippen molar-refractivity contribution >= 4 is 23.2 Å². The number of anilines is 1. The smallest absolute Gasteiger partial charge is 0.242 e. The fourth-order valence-electron chi connectivity index (χ4n) is 1.78. The van der Waals surface area contributed by atoms with Gasteiger partial charge >= 0.3 is 0 Å². The zero-order valence-electron chi connectivity index (χ0n) is 8.17. The van der Waals surface area contributed by atoms with Crippen molar-refractivity contribution in [2.45, 2.75) is 13.3 Å². The van der Waals surface area contributed by atoms with Crippen molar-refractivity contribution in [2.75, 3.05) is 5.32 Å². The monoisotopic (exact) mass is 220 g/mol. The summed E-state index contributed by atoms with van der Waals surface area (Å²) in [6.07, 6.45) is 0.444. The van der Waals surface area contributed by atoms with E-state index in [0.717, 1.165) is 16.8 Å². The van der Waals surface area contributed by atoms with Gasteiger partial charge in [-0.05, 0) is 36.6 Å². The predicted molar refractivity (Wildman–Crippen MR) is 57.6 cm³/mol. The van der Waals surface area contributed by atoms with Crippen LogP contribution in [0.25, 0.3) is 0 Å². The van der Waals surface area contributed by atoms with E-state index in [9.17, 15) is 4.79 Å². The number of carbonyl (C=O) groups excluding carboxylic acids is 1. The molecule has 76 valence electrons. The zero-order valence-corrected chi connectivity index (χ0v) is 8.93. The molecule has 0 saturated carbocycles. The second-order valence-electron chi connectivity index (χ2n) is 3.63. The maximum absolute atomic E-state index is 11.5. The highest BCUT2D eigenvalue weighted by Crippen LogP contribution is 2.31. The highest BCUT2D eigenvalue weighted by Gasteiger charge is 2.26. The van der Waals surface area contributed by atoms with Crippen LogP contribution in [-0.2, 0) is 11.2 Å². The highest BCUT2D eigenvalue weighted by atomic mass is 35.5. The third-order valence-corrected chi connectivity index (χ3v) is 2.74. The van der Waals surface area contributed by atoms with Crippen molar-refractivity contribution in [3.63, 3.8) is 0 Å². The van der Waals surface area contributed by atoms with Crippen LogP contribution in [-0.4, -0.2) is 5.91 Å². The number of benzene rings is 1. The Hall–Kier alpha value is -1.53. The molecule has 1 aliphatic heterocycles. The number of nitriles is 1. The zero-order chi connectivity index (χ0) is 11.0. The maximum Gasteiger partial charge on any atom is 0.242 e. The van der Waals surface area contributed by atoms with E-state index in [1.807, 2.05) is 13.0 Å². The molecule has 0 radical (unpaired) electrons. The number of hydrogen-bond acceptors (Lipinski definition) is 2. The van der Waals surface area contributed by atoms with Crippen LogP contribution in [0.15, 0.2) is 12.1 Å². The summed E-state index contributed by atoms with van der Waals surface area (Å²) in [5.74, 6) is -0.828. The Morgan fingerprint density at radius 3 is 3.00 bits per heavy atom. The molecule has 0 bridgehead atoms. The van der Waals surface area contributed by atoms with Gasteiger partial charge < -0.3 is 5.32 Å². The summed E-state index contributed by atoms with van der Waals surface area (Å²) in [4.78, 5) is 11.5. The first-order chi connectivity index (χ1) is 7.11. The summed E-state index contributed by atoms with van der Waals surface area (Å²) in [7, 11) is 0. The van der Waals surface area contributed by atoms with Crippen molar-refractivity contribution in [3.05, 3.63) is 28.3 Å². The molecule has 1 N–H and O–H groups in total. The largest absolute Gasteiger partial charge is 0.324 e. The molecule has 2 rings (SSSR count). The van der Waals surface area contributed by atoms with Crippen LogP contribution in [0.5, 0.6) is 0 Å². The average Bonchev–Trinajstić information content (AvgIpc) is 2.18. The van der Waals surface area contributed by atoms with Crippen LogP contribution in [0.1, 0.15) is 11.1 Å². The van der Waals surface area contributed by atoms with Crippen molar-refractivity contribution in [2.24, 2.45) is 5.92 Å². The van der Waals surface area contributed by atoms with E-state index in [2.05, 4.69) is 5.32 Å². The molecule has 3 nitrogen and oxygen atoms in total. The van der Waals surface area contributed by atoms with Crippen LogP contribution >= 0.6 is 11.6 Å². The lowest BCUT2D eigenvalue weighted by atomic mass is 9.92. The molecule has 1 aromatic carbocycles. The van der Waals surface area contributed by atoms with E-state index in [1.165, 1.54) is 0 Å². The minimum absolute atomic E-state index is 0.226. The first-order valence-corrected chi connectivity index (χ1v) is 4.99. The molecule has 1 atom stereocenters. The molecular formula is C11H9ClN2O. The highest BCUT2D eigenvalue weighted by molar-refractivity contribution is 6.30. The predicted octanol–water partition coefficient (Wildman–Crippen LogP) is 2.28. The van der Waals surface area contributed by atoms with Gasteiger partial charge in [-0.25, -0.2) is 0 Å². The van der Waals surface area contributed by atoms with Gasteiger partial charge in [0.2, 0.25) is 5.91 Å². The molecule has 4 heteroatoms. The number of hydrogen-bond donors (Lipinski definition) is 1. The Labute approximate surface area is 92.7 Å². The van der Waals surface area contributed by atoms with Gasteiger partial charge in [0.05, 0.1) is 6.07 Å². The first-order valence-electron chi connectivity index (χ1n) is 4.61. The van der Waals surface area contributed by atoms with Crippen molar-refractivity contribution in [1.82, 2.24) is 0 Å². The van der Waals surface area contributed by atoms with Gasteiger partial charge in [0.15, 0.2) is 0 Å². The molecule has 0 saturated heterocycles. The average molecular weight is 221 g/mol. The molecule has 1 aromatic rings. The van der Waals surface area contributed by atoms with Gasteiger partial charge in [0, 0.05) is 10.7 Å². The van der Waals surface area contributed by atoms with Crippen LogP contribution in [0.4, 0.5) is 5.69 Å². The van der Waals surface area contributed by atoms with Crippen molar-refractivity contribution < 1.29 is 4.79 Å². The lowest BCUT2D eigenvalue weighted by Crippen LogP contribution is -2.29. The second-order valence-corrected chi connectivity index (χ2v) is 4.07. The van der Waals surface area contributed by atoms with Crippen molar-refractivity contribution in [3.8, 4) is 6.07 Å². The van der Waals surface area contributed by atoms with E-state index in [0.29, 0.717) is 11.4 Å². The Morgan fingerprint density at radius 2 is 2.33 bits per heavy atom. The first kappa shape index (κ1) is 10.0. The number of halogens is 1. The number of fused-ring (bicyclic) bond motifs is 1. The Kier molecular flexibility index (Phi) is 2.37. The fourth-order valence-corrected chi connectivity index (χ4v) is 2.07. The number of carbonyl (C=O) groups is 1. The quantitative estimate of drug-likeness (QED) is 0.729. The van der Waals surface area contributed by atoms with Gasteiger partial charge in [0.1, 0.15) is 5.92 Å². The number of aryl methyl sites for hydroxylation is 1. The maximum atomic E-state index is 11.5. The minimum atomic E-state index is -0.602. The Balaban J connectivity index is 2.50. The van der Waals surface area contributed by atoms with Gasteiger partial charge in [-0.1, -0.05) is 11.6 Å². The number of nitrogens with zero attached hydrogens (tertiary/aromatic N) is 1. The van der Waals surface area contributed by atoms with Gasteiger partial charge in [-0.3, -0.25) is 4.79 Å². The van der Waals surface area contributed by atoms with Gasteiger partial charge in [-0.2, -0.15) is 5.26 Å². The van der Waals surface area contributed by atoms with Crippen LogP contribution in [0.3, 0.4) is 0 Å². The fraction of sp³-hybridized carbons (Fsp3) is 0.273. The van der Waals surface area contributed by atoms with E-state index in [4.69, 9.17) is 16.9 Å². The lowest BCUT2D eigenvalue weighted by molar-refractivity contribution is -0.118. The number of amides is 1. The molecule has 0 spiro atoms. The third-order valence-electron chi connectivity index (χ3n) is 2.53. The summed E-state index contributed by atoms with van der Waals surface area (Å²) in [6.45, 7) is 1.89. The summed E-state index contributed by atoms with van der Waals surface area (Å²) in [6, 6.07) is 5.58. The Bertz CT molecular complexity index is 476. The molecule has 15 heavy (non-hydrogen) atoms. The third kappa shape index (κ3) is 1.69. The molecule has 0 fully saturated rings. The van der Waals surface area contributed by atoms with Crippen molar-refractivity contribution in [1.29, 1.82) is 5.26 Å². The normalized spacial score (nSPS) is 19.0. The molecule has 1 heterocycles. The standard InChI is InChI=1S/C11H9ClN2O/c1-6-2-9(12)4-7-3-8(5-13)11(15)14-10(6)7/h2,4,8H,3H2,1H3,(H,14,15). The summed E-state index contributed by atoms with van der Waals surface area (Å²) < 4.78 is 0. The molecule has 1 unspecified atom stereocenters. The molecule has 0 aliphatic carbocycles. The van der Waals surface area contributed by atoms with E-state index in [-0.39, 0.29) is 5.91 Å². The van der Waals surface area contributed by atoms with Crippen LogP contribution in [0, 0.1) is 24.2 Å². The summed E-state index contributed by atoms with van der Waals surface area (Å²) in [5.41, 5.74) is 2.67. The van der Waals surface area contributed by atoms with Gasteiger partial charge in [0.25, 0.3) is 0 Å². The van der Waals surface area contributed by atoms with E-state index in [1.54, 1.807) is 12.1 Å². The van der Waals surface area contributed by atoms with Crippen LogP contribution in [0.2, 0.25) is 5.02 Å². The lowest BCUT2D eigenvalue weighted by Gasteiger charge is -2.22. The Morgan fingerprint density at radius 1 is 1.60 bits per heavy atom. The second kappa shape index (κ2) is 3.56. The minimum Gasteiger partial charge on any atom is -0.324 e. The molecular weight excluding hydrogens is 212 g/mol. The SMILES string of the molecule is Cc1cc(Cl)cc2c1NC(=O)C(C#N)C2. The number of nitrogens with one attached hydrogen (secondary N) is 1. The number of rotatable bonds is 0. The summed E-state index contributed by atoms with van der Waals surface area (Å²) >= 11 is 5.91. The van der Waals surface area contributed by atoms with E-state index >= 15 is 0 Å².